The molecule has 3 rings (SSSR count). The van der Waals surface area contributed by atoms with E-state index < -0.39 is 34.6 Å². The molecule has 1 aromatic heterocycles. The lowest BCUT2D eigenvalue weighted by Gasteiger charge is -2.15. The SMILES string of the molecule is CC.Cn1c(C(F)(F)F)cc(=O)n(-c2cc(Oc3ccccc3)c(Cl)cc2F)c1=O. The minimum Gasteiger partial charge on any atom is -0.456 e. The van der Waals surface area contributed by atoms with Crippen molar-refractivity contribution < 1.29 is 22.3 Å². The third-order valence-electron chi connectivity index (χ3n) is 3.82. The normalized spacial score (nSPS) is 10.9. The number of nitrogens with zero attached hydrogens (tertiary/aromatic N) is 2. The second-order valence-electron chi connectivity index (χ2n) is 5.69. The summed E-state index contributed by atoms with van der Waals surface area (Å²) in [5.74, 6) is -0.822. The quantitative estimate of drug-likeness (QED) is 0.524. The number of rotatable bonds is 3. The van der Waals surface area contributed by atoms with Gasteiger partial charge in [-0.05, 0) is 18.2 Å². The highest BCUT2D eigenvalue weighted by Crippen LogP contribution is 2.33. The summed E-state index contributed by atoms with van der Waals surface area (Å²) in [6, 6.07) is 10.2. The van der Waals surface area contributed by atoms with Gasteiger partial charge in [-0.3, -0.25) is 9.36 Å². The molecule has 0 saturated carbocycles. The lowest BCUT2D eigenvalue weighted by atomic mass is 10.2. The van der Waals surface area contributed by atoms with Crippen molar-refractivity contribution in [2.75, 3.05) is 0 Å². The van der Waals surface area contributed by atoms with E-state index in [1.54, 1.807) is 30.3 Å². The number of aromatic nitrogens is 2. The minimum absolute atomic E-state index is 0.0851. The molecular formula is C20H17ClF4N2O3. The Kier molecular flexibility index (Phi) is 7.09. The first kappa shape index (κ1) is 23.2. The Labute approximate surface area is 173 Å². The summed E-state index contributed by atoms with van der Waals surface area (Å²) in [5.41, 5.74) is -4.75. The van der Waals surface area contributed by atoms with Gasteiger partial charge in [0.05, 0.1) is 10.7 Å². The fourth-order valence-corrected chi connectivity index (χ4v) is 2.69. The van der Waals surface area contributed by atoms with Gasteiger partial charge in [-0.1, -0.05) is 43.6 Å². The van der Waals surface area contributed by atoms with Crippen LogP contribution >= 0.6 is 11.6 Å². The fraction of sp³-hybridized carbons (Fsp3) is 0.200. The van der Waals surface area contributed by atoms with Gasteiger partial charge in [-0.15, -0.1) is 0 Å². The van der Waals surface area contributed by atoms with Crippen LogP contribution in [0.1, 0.15) is 19.5 Å². The van der Waals surface area contributed by atoms with E-state index in [4.69, 9.17) is 16.3 Å². The number of benzene rings is 2. The Hall–Kier alpha value is -3.07. The average molecular weight is 445 g/mol. The molecule has 1 heterocycles. The summed E-state index contributed by atoms with van der Waals surface area (Å²) >= 11 is 5.95. The fourth-order valence-electron chi connectivity index (χ4n) is 2.50. The van der Waals surface area contributed by atoms with Crippen LogP contribution in [0.2, 0.25) is 5.02 Å². The summed E-state index contributed by atoms with van der Waals surface area (Å²) in [4.78, 5) is 24.5. The highest BCUT2D eigenvalue weighted by Gasteiger charge is 2.35. The molecule has 0 bridgehead atoms. The van der Waals surface area contributed by atoms with Crippen molar-refractivity contribution in [3.63, 3.8) is 0 Å². The number of ether oxygens (including phenoxy) is 1. The number of alkyl halides is 3. The monoisotopic (exact) mass is 444 g/mol. The first-order chi connectivity index (χ1) is 14.1. The first-order valence-corrected chi connectivity index (χ1v) is 9.10. The van der Waals surface area contributed by atoms with Crippen molar-refractivity contribution in [1.82, 2.24) is 9.13 Å². The maximum absolute atomic E-state index is 14.4. The number of hydrogen-bond acceptors (Lipinski definition) is 3. The average Bonchev–Trinajstić information content (AvgIpc) is 2.69. The summed E-state index contributed by atoms with van der Waals surface area (Å²) in [6.07, 6.45) is -4.92. The van der Waals surface area contributed by atoms with E-state index >= 15 is 0 Å². The minimum atomic E-state index is -4.92. The van der Waals surface area contributed by atoms with Gasteiger partial charge in [0.2, 0.25) is 0 Å². The molecule has 0 N–H and O–H groups in total. The topological polar surface area (TPSA) is 53.2 Å². The second kappa shape index (κ2) is 9.17. The zero-order valence-electron chi connectivity index (χ0n) is 16.1. The van der Waals surface area contributed by atoms with Crippen LogP contribution in [0.25, 0.3) is 5.69 Å². The van der Waals surface area contributed by atoms with Gasteiger partial charge in [0.1, 0.15) is 23.0 Å². The first-order valence-electron chi connectivity index (χ1n) is 8.72. The molecule has 10 heteroatoms. The predicted octanol–water partition coefficient (Wildman–Crippen LogP) is 5.17. The van der Waals surface area contributed by atoms with Crippen LogP contribution in [-0.2, 0) is 13.2 Å². The van der Waals surface area contributed by atoms with Crippen molar-refractivity contribution in [2.45, 2.75) is 20.0 Å². The highest BCUT2D eigenvalue weighted by molar-refractivity contribution is 6.32. The van der Waals surface area contributed by atoms with Crippen LogP contribution in [-0.4, -0.2) is 9.13 Å². The van der Waals surface area contributed by atoms with Crippen molar-refractivity contribution in [2.24, 2.45) is 7.05 Å². The maximum Gasteiger partial charge on any atom is 0.431 e. The van der Waals surface area contributed by atoms with Crippen LogP contribution in [0.3, 0.4) is 0 Å². The predicted molar refractivity (Wildman–Crippen MR) is 105 cm³/mol. The zero-order valence-corrected chi connectivity index (χ0v) is 16.9. The Balaban J connectivity index is 0.00000155. The Morgan fingerprint density at radius 1 is 1.00 bits per heavy atom. The summed E-state index contributed by atoms with van der Waals surface area (Å²) < 4.78 is 59.3. The van der Waals surface area contributed by atoms with Crippen molar-refractivity contribution >= 4 is 11.6 Å². The van der Waals surface area contributed by atoms with Crippen molar-refractivity contribution in [1.29, 1.82) is 0 Å². The zero-order chi connectivity index (χ0) is 22.6. The number of halogens is 5. The summed E-state index contributed by atoms with van der Waals surface area (Å²) in [6.45, 7) is 4.00. The van der Waals surface area contributed by atoms with E-state index in [-0.39, 0.29) is 26.0 Å². The molecule has 0 unspecified atom stereocenters. The van der Waals surface area contributed by atoms with Crippen molar-refractivity contribution in [3.8, 4) is 17.2 Å². The van der Waals surface area contributed by atoms with Crippen LogP contribution < -0.4 is 16.0 Å². The highest BCUT2D eigenvalue weighted by atomic mass is 35.5. The molecular weight excluding hydrogens is 428 g/mol. The van der Waals surface area contributed by atoms with E-state index in [9.17, 15) is 27.2 Å². The van der Waals surface area contributed by atoms with E-state index in [0.29, 0.717) is 5.75 Å². The van der Waals surface area contributed by atoms with E-state index in [1.807, 2.05) is 13.8 Å². The van der Waals surface area contributed by atoms with E-state index in [1.165, 1.54) is 0 Å². The summed E-state index contributed by atoms with van der Waals surface area (Å²) in [5, 5.41) is -0.151. The molecule has 0 aliphatic heterocycles. The van der Waals surface area contributed by atoms with Gasteiger partial charge in [-0.25, -0.2) is 13.8 Å². The van der Waals surface area contributed by atoms with Crippen LogP contribution in [0.5, 0.6) is 11.5 Å². The Bertz CT molecular complexity index is 1160. The van der Waals surface area contributed by atoms with Gasteiger partial charge in [0, 0.05) is 19.2 Å². The molecule has 0 aliphatic carbocycles. The molecule has 0 saturated heterocycles. The standard InChI is InChI=1S/C18H11ClF4N2O3.C2H6/c1-24-15(18(21,22)23)9-16(26)25(17(24)27)13-8-14(11(19)7-12(13)20)28-10-5-3-2-4-6-10;1-2/h2-9H,1H3;1-2H3. The van der Waals surface area contributed by atoms with Gasteiger partial charge < -0.3 is 4.74 Å². The molecule has 160 valence electrons. The van der Waals surface area contributed by atoms with Gasteiger partial charge in [-0.2, -0.15) is 13.2 Å². The molecule has 0 fully saturated rings. The smallest absolute Gasteiger partial charge is 0.431 e. The number of para-hydroxylation sites is 1. The van der Waals surface area contributed by atoms with Gasteiger partial charge in [0.25, 0.3) is 5.56 Å². The third kappa shape index (κ3) is 4.73. The van der Waals surface area contributed by atoms with Crippen LogP contribution in [0, 0.1) is 5.82 Å². The second-order valence-corrected chi connectivity index (χ2v) is 6.10. The maximum atomic E-state index is 14.4. The van der Waals surface area contributed by atoms with E-state index in [0.717, 1.165) is 19.2 Å². The van der Waals surface area contributed by atoms with Crippen LogP contribution in [0.15, 0.2) is 58.1 Å². The molecule has 0 spiro atoms. The molecule has 0 atom stereocenters. The van der Waals surface area contributed by atoms with Crippen LogP contribution in [0.4, 0.5) is 17.6 Å². The third-order valence-corrected chi connectivity index (χ3v) is 4.12. The summed E-state index contributed by atoms with van der Waals surface area (Å²) in [7, 11) is 0.830. The van der Waals surface area contributed by atoms with E-state index in [2.05, 4.69) is 0 Å². The molecule has 5 nitrogen and oxygen atoms in total. The Morgan fingerprint density at radius 3 is 2.17 bits per heavy atom. The molecule has 0 aliphatic rings. The molecule has 2 aromatic carbocycles. The number of hydrogen-bond donors (Lipinski definition) is 0. The lowest BCUT2D eigenvalue weighted by Crippen LogP contribution is -2.41. The Morgan fingerprint density at radius 2 is 1.60 bits per heavy atom. The van der Waals surface area contributed by atoms with Gasteiger partial charge >= 0.3 is 11.9 Å². The lowest BCUT2D eigenvalue weighted by molar-refractivity contribution is -0.144. The largest absolute Gasteiger partial charge is 0.456 e. The molecule has 3 aromatic rings. The molecule has 30 heavy (non-hydrogen) atoms. The van der Waals surface area contributed by atoms with Crippen molar-refractivity contribution in [3.05, 3.63) is 85.9 Å². The molecule has 0 radical (unpaired) electrons. The molecule has 0 amide bonds. The van der Waals surface area contributed by atoms with Gasteiger partial charge in [0.15, 0.2) is 0 Å².